The Bertz CT molecular complexity index is 1080. The quantitative estimate of drug-likeness (QED) is 0.693. The number of H-pyrrole nitrogens is 1. The molecule has 3 aromatic rings. The molecule has 25 heavy (non-hydrogen) atoms. The van der Waals surface area contributed by atoms with Crippen LogP contribution in [0.1, 0.15) is 16.1 Å². The molecule has 0 saturated carbocycles. The smallest absolute Gasteiger partial charge is 0.256 e. The van der Waals surface area contributed by atoms with E-state index in [0.29, 0.717) is 24.2 Å². The van der Waals surface area contributed by atoms with Gasteiger partial charge in [0.05, 0.1) is 11.3 Å². The van der Waals surface area contributed by atoms with Crippen LogP contribution in [0.4, 0.5) is 0 Å². The highest BCUT2D eigenvalue weighted by Crippen LogP contribution is 2.26. The van der Waals surface area contributed by atoms with Crippen molar-refractivity contribution in [2.75, 3.05) is 12.8 Å². The van der Waals surface area contributed by atoms with Gasteiger partial charge in [0.1, 0.15) is 4.83 Å². The van der Waals surface area contributed by atoms with Crippen molar-refractivity contribution in [1.29, 1.82) is 0 Å². The summed E-state index contributed by atoms with van der Waals surface area (Å²) in [5, 5.41) is 0.873. The van der Waals surface area contributed by atoms with Crippen molar-refractivity contribution in [1.82, 2.24) is 19.9 Å². The minimum absolute atomic E-state index is 0.250. The Morgan fingerprint density at radius 1 is 1.40 bits per heavy atom. The van der Waals surface area contributed by atoms with Crippen molar-refractivity contribution in [2.24, 2.45) is 0 Å². The van der Waals surface area contributed by atoms with E-state index in [1.165, 1.54) is 4.88 Å². The largest absolute Gasteiger partial charge is 0.297 e. The Morgan fingerprint density at radius 2 is 2.24 bits per heavy atom. The normalized spacial score (nSPS) is 15.4. The molecular formula is C16H16N4O3S2. The van der Waals surface area contributed by atoms with Crippen LogP contribution < -0.4 is 5.56 Å². The summed E-state index contributed by atoms with van der Waals surface area (Å²) >= 11 is 1.65. The van der Waals surface area contributed by atoms with Crippen molar-refractivity contribution in [2.45, 2.75) is 24.7 Å². The molecule has 0 fully saturated rings. The minimum Gasteiger partial charge on any atom is -0.297 e. The fourth-order valence-electron chi connectivity index (χ4n) is 2.99. The number of aromatic amines is 1. The molecule has 1 aliphatic heterocycles. The molecule has 4 heterocycles. The van der Waals surface area contributed by atoms with Gasteiger partial charge in [-0.2, -0.15) is 0 Å². The minimum atomic E-state index is -3.52. The second kappa shape index (κ2) is 6.01. The van der Waals surface area contributed by atoms with Crippen molar-refractivity contribution in [3.05, 3.63) is 50.9 Å². The molecule has 0 spiro atoms. The fraction of sp³-hybridized carbons (Fsp3) is 0.312. The number of nitrogens with one attached hydrogen (secondary N) is 1. The van der Waals surface area contributed by atoms with E-state index >= 15 is 0 Å². The first-order valence-electron chi connectivity index (χ1n) is 7.78. The summed E-state index contributed by atoms with van der Waals surface area (Å²) in [5.41, 5.74) is 0.768. The van der Waals surface area contributed by atoms with Crippen LogP contribution in [0.15, 0.2) is 34.3 Å². The Hall–Kier alpha value is -2.10. The van der Waals surface area contributed by atoms with Crippen molar-refractivity contribution >= 4 is 31.4 Å². The molecule has 3 aromatic heterocycles. The van der Waals surface area contributed by atoms with E-state index in [1.54, 1.807) is 17.5 Å². The lowest BCUT2D eigenvalue weighted by Gasteiger charge is -2.27. The fourth-order valence-corrected chi connectivity index (χ4v) is 4.59. The molecule has 0 aromatic carbocycles. The first-order valence-corrected chi connectivity index (χ1v) is 10.5. The lowest BCUT2D eigenvalue weighted by Crippen LogP contribution is -2.35. The van der Waals surface area contributed by atoms with Gasteiger partial charge in [0.2, 0.25) is 15.0 Å². The molecule has 1 aliphatic rings. The SMILES string of the molecule is CS(=O)(=O)c1nc2c(c(=O)[nH]1)CN(Cc1cc3cccnc3s1)CC2. The predicted octanol–water partition coefficient (Wildman–Crippen LogP) is 1.34. The Morgan fingerprint density at radius 3 is 3.00 bits per heavy atom. The molecule has 0 aliphatic carbocycles. The molecule has 9 heteroatoms. The van der Waals surface area contributed by atoms with Crippen molar-refractivity contribution in [3.63, 3.8) is 0 Å². The molecule has 0 atom stereocenters. The second-order valence-electron chi connectivity index (χ2n) is 6.14. The second-order valence-corrected chi connectivity index (χ2v) is 9.19. The maximum Gasteiger partial charge on any atom is 0.256 e. The molecular weight excluding hydrogens is 360 g/mol. The number of thiophene rings is 1. The average molecular weight is 376 g/mol. The van der Waals surface area contributed by atoms with Crippen LogP contribution in [0.5, 0.6) is 0 Å². The molecule has 0 bridgehead atoms. The molecule has 0 radical (unpaired) electrons. The number of fused-ring (bicyclic) bond motifs is 2. The van der Waals surface area contributed by atoms with E-state index in [1.807, 2.05) is 12.1 Å². The van der Waals surface area contributed by atoms with E-state index in [9.17, 15) is 13.2 Å². The van der Waals surface area contributed by atoms with Crippen LogP contribution in [-0.2, 0) is 29.3 Å². The monoisotopic (exact) mass is 376 g/mol. The van der Waals surface area contributed by atoms with Gasteiger partial charge in [0, 0.05) is 48.8 Å². The third kappa shape index (κ3) is 3.22. The summed E-state index contributed by atoms with van der Waals surface area (Å²) in [5.74, 6) is 0. The molecule has 0 amide bonds. The molecule has 0 unspecified atom stereocenters. The Kier molecular flexibility index (Phi) is 3.94. The zero-order valence-corrected chi connectivity index (χ0v) is 15.2. The number of pyridine rings is 1. The summed E-state index contributed by atoms with van der Waals surface area (Å²) in [4.78, 5) is 27.5. The van der Waals surface area contributed by atoms with E-state index in [-0.39, 0.29) is 10.7 Å². The highest BCUT2D eigenvalue weighted by Gasteiger charge is 2.23. The van der Waals surface area contributed by atoms with Gasteiger partial charge >= 0.3 is 0 Å². The van der Waals surface area contributed by atoms with Crippen LogP contribution in [0.25, 0.3) is 10.2 Å². The van der Waals surface area contributed by atoms with Crippen molar-refractivity contribution in [3.8, 4) is 0 Å². The van der Waals surface area contributed by atoms with Crippen molar-refractivity contribution < 1.29 is 8.42 Å². The summed E-state index contributed by atoms with van der Waals surface area (Å²) < 4.78 is 23.2. The summed E-state index contributed by atoms with van der Waals surface area (Å²) in [7, 11) is -3.52. The van der Waals surface area contributed by atoms with Crippen LogP contribution in [0.3, 0.4) is 0 Å². The third-order valence-electron chi connectivity index (χ3n) is 4.20. The zero-order chi connectivity index (χ0) is 17.6. The average Bonchev–Trinajstić information content (AvgIpc) is 2.96. The maximum absolute atomic E-state index is 12.3. The third-order valence-corrected chi connectivity index (χ3v) is 6.14. The van der Waals surface area contributed by atoms with Crippen LogP contribution in [0, 0.1) is 0 Å². The standard InChI is InChI=1S/C16H16N4O3S2/c1-25(22,23)16-18-13-4-6-20(9-12(13)14(21)19-16)8-11-7-10-3-2-5-17-15(10)24-11/h2-3,5,7H,4,6,8-9H2,1H3,(H,18,19,21). The molecule has 130 valence electrons. The van der Waals surface area contributed by atoms with Gasteiger partial charge in [-0.15, -0.1) is 11.3 Å². The van der Waals surface area contributed by atoms with Gasteiger partial charge in [-0.3, -0.25) is 14.7 Å². The maximum atomic E-state index is 12.3. The van der Waals surface area contributed by atoms with E-state index < -0.39 is 9.84 Å². The van der Waals surface area contributed by atoms with Gasteiger partial charge in [-0.25, -0.2) is 18.4 Å². The Labute approximate surface area is 148 Å². The highest BCUT2D eigenvalue weighted by molar-refractivity contribution is 7.90. The topological polar surface area (TPSA) is 96.0 Å². The van der Waals surface area contributed by atoms with Gasteiger partial charge in [-0.1, -0.05) is 6.07 Å². The molecule has 7 nitrogen and oxygen atoms in total. The zero-order valence-electron chi connectivity index (χ0n) is 13.5. The number of hydrogen-bond acceptors (Lipinski definition) is 7. The first-order chi connectivity index (χ1) is 11.9. The lowest BCUT2D eigenvalue weighted by atomic mass is 10.1. The summed E-state index contributed by atoms with van der Waals surface area (Å²) in [6, 6.07) is 6.08. The number of rotatable bonds is 3. The lowest BCUT2D eigenvalue weighted by molar-refractivity contribution is 0.243. The summed E-state index contributed by atoms with van der Waals surface area (Å²) in [6.07, 6.45) is 3.39. The van der Waals surface area contributed by atoms with Gasteiger partial charge < -0.3 is 0 Å². The molecule has 0 saturated heterocycles. The first kappa shape index (κ1) is 16.4. The Balaban J connectivity index is 1.59. The van der Waals surface area contributed by atoms with Gasteiger partial charge in [0.15, 0.2) is 0 Å². The van der Waals surface area contributed by atoms with E-state index in [2.05, 4.69) is 25.9 Å². The number of sulfone groups is 1. The summed E-state index contributed by atoms with van der Waals surface area (Å²) in [6.45, 7) is 1.92. The van der Waals surface area contributed by atoms with Crippen LogP contribution >= 0.6 is 11.3 Å². The number of nitrogens with zero attached hydrogens (tertiary/aromatic N) is 3. The van der Waals surface area contributed by atoms with Gasteiger partial charge in [-0.05, 0) is 12.1 Å². The van der Waals surface area contributed by atoms with Crippen LogP contribution in [-0.4, -0.2) is 41.1 Å². The van der Waals surface area contributed by atoms with Gasteiger partial charge in [0.25, 0.3) is 5.56 Å². The number of aromatic nitrogens is 3. The molecule has 1 N–H and O–H groups in total. The highest BCUT2D eigenvalue weighted by atomic mass is 32.2. The van der Waals surface area contributed by atoms with Crippen LogP contribution in [0.2, 0.25) is 0 Å². The predicted molar refractivity (Wildman–Crippen MR) is 95.4 cm³/mol. The molecule has 4 rings (SSSR count). The van der Waals surface area contributed by atoms with E-state index in [4.69, 9.17) is 0 Å². The number of hydrogen-bond donors (Lipinski definition) is 1. The van der Waals surface area contributed by atoms with E-state index in [0.717, 1.165) is 29.6 Å².